The van der Waals surface area contributed by atoms with Gasteiger partial charge in [-0.2, -0.15) is 0 Å². The lowest BCUT2D eigenvalue weighted by molar-refractivity contribution is 0.00996. The van der Waals surface area contributed by atoms with Crippen LogP contribution in [0.15, 0.2) is 48.5 Å². The number of amides is 1. The van der Waals surface area contributed by atoms with Crippen LogP contribution in [0.5, 0.6) is 0 Å². The summed E-state index contributed by atoms with van der Waals surface area (Å²) in [5.74, 6) is -0.308. The molecule has 1 fully saturated rings. The Morgan fingerprint density at radius 3 is 2.48 bits per heavy atom. The Hall–Kier alpha value is -2.42. The monoisotopic (exact) mass is 446 g/mol. The maximum absolute atomic E-state index is 13.0. The summed E-state index contributed by atoms with van der Waals surface area (Å²) in [6.07, 6.45) is -0.00475. The lowest BCUT2D eigenvalue weighted by atomic mass is 10.1. The van der Waals surface area contributed by atoms with Crippen molar-refractivity contribution >= 4 is 16.1 Å². The predicted molar refractivity (Wildman–Crippen MR) is 119 cm³/mol. The van der Waals surface area contributed by atoms with E-state index < -0.39 is 22.2 Å². The van der Waals surface area contributed by atoms with Gasteiger partial charge in [-0.05, 0) is 43.4 Å². The van der Waals surface area contributed by atoms with Gasteiger partial charge in [0.25, 0.3) is 0 Å². The number of rotatable bonds is 8. The fraction of sp³-hybridized carbons (Fsp3) is 0.435. The molecule has 3 rings (SSSR count). The summed E-state index contributed by atoms with van der Waals surface area (Å²) in [5, 5.41) is 11.5. The molecular weight excluding hydrogens is 416 g/mol. The average Bonchev–Trinajstić information content (AvgIpc) is 2.74. The molecule has 0 aromatic heterocycles. The van der Waals surface area contributed by atoms with E-state index in [9.17, 15) is 13.2 Å². The molecule has 1 heterocycles. The van der Waals surface area contributed by atoms with E-state index in [-0.39, 0.29) is 11.9 Å². The molecule has 2 N–H and O–H groups in total. The van der Waals surface area contributed by atoms with Crippen LogP contribution in [0.25, 0.3) is 0 Å². The number of sulfonamides is 1. The molecule has 0 saturated carbocycles. The van der Waals surface area contributed by atoms with E-state index in [4.69, 9.17) is 9.84 Å². The summed E-state index contributed by atoms with van der Waals surface area (Å²) in [4.78, 5) is 11.2. The highest BCUT2D eigenvalue weighted by Gasteiger charge is 2.31. The molecule has 31 heavy (non-hydrogen) atoms. The van der Waals surface area contributed by atoms with Gasteiger partial charge in [0, 0.05) is 13.1 Å². The van der Waals surface area contributed by atoms with Crippen molar-refractivity contribution in [3.8, 4) is 0 Å². The number of aryl methyl sites for hydroxylation is 2. The zero-order valence-electron chi connectivity index (χ0n) is 18.0. The van der Waals surface area contributed by atoms with Gasteiger partial charge in [-0.15, -0.1) is 0 Å². The van der Waals surface area contributed by atoms with Gasteiger partial charge in [-0.3, -0.25) is 0 Å². The number of piperidine rings is 1. The zero-order chi connectivity index (χ0) is 22.4. The molecule has 168 valence electrons. The fourth-order valence-corrected chi connectivity index (χ4v) is 5.49. The van der Waals surface area contributed by atoms with E-state index in [2.05, 4.69) is 30.4 Å². The van der Waals surface area contributed by atoms with Crippen molar-refractivity contribution in [1.82, 2.24) is 9.62 Å². The number of carbonyl (C=O) groups is 1. The molecular formula is C23H30N2O5S. The highest BCUT2D eigenvalue weighted by molar-refractivity contribution is 7.89. The second-order valence-electron chi connectivity index (χ2n) is 8.03. The average molecular weight is 447 g/mol. The van der Waals surface area contributed by atoms with Crippen LogP contribution in [0.3, 0.4) is 0 Å². The molecule has 7 nitrogen and oxygen atoms in total. The third-order valence-electron chi connectivity index (χ3n) is 5.65. The van der Waals surface area contributed by atoms with Gasteiger partial charge in [0.2, 0.25) is 10.0 Å². The van der Waals surface area contributed by atoms with Gasteiger partial charge in [0.05, 0.1) is 24.5 Å². The van der Waals surface area contributed by atoms with E-state index in [1.54, 1.807) is 30.3 Å². The van der Waals surface area contributed by atoms with Gasteiger partial charge >= 0.3 is 6.09 Å². The SMILES string of the molecule is Cc1ccc(C)c(COC2CCN(S(=O)(=O)C[C@H](NC(=O)O)c3ccccc3)CC2)c1. The van der Waals surface area contributed by atoms with Gasteiger partial charge in [-0.1, -0.05) is 54.1 Å². The Balaban J connectivity index is 1.57. The second-order valence-corrected chi connectivity index (χ2v) is 10.0. The van der Waals surface area contributed by atoms with E-state index in [0.29, 0.717) is 38.1 Å². The molecule has 8 heteroatoms. The number of carboxylic acid groups (broad SMARTS) is 1. The van der Waals surface area contributed by atoms with Crippen LogP contribution in [0, 0.1) is 13.8 Å². The minimum atomic E-state index is -3.63. The first-order chi connectivity index (χ1) is 14.7. The molecule has 0 radical (unpaired) electrons. The summed E-state index contributed by atoms with van der Waals surface area (Å²) in [7, 11) is -3.63. The van der Waals surface area contributed by atoms with Crippen molar-refractivity contribution < 1.29 is 23.1 Å². The molecule has 2 aromatic carbocycles. The van der Waals surface area contributed by atoms with Crippen LogP contribution < -0.4 is 5.32 Å². The van der Waals surface area contributed by atoms with Crippen LogP contribution in [0.2, 0.25) is 0 Å². The van der Waals surface area contributed by atoms with E-state index in [1.165, 1.54) is 15.4 Å². The summed E-state index contributed by atoms with van der Waals surface area (Å²) < 4.78 is 33.4. The first-order valence-corrected chi connectivity index (χ1v) is 12.1. The van der Waals surface area contributed by atoms with Gasteiger partial charge in [-0.25, -0.2) is 17.5 Å². The molecule has 2 aromatic rings. The Morgan fingerprint density at radius 2 is 1.84 bits per heavy atom. The Kier molecular flexibility index (Phi) is 7.69. The van der Waals surface area contributed by atoms with Crippen LogP contribution >= 0.6 is 0 Å². The second kappa shape index (κ2) is 10.3. The first-order valence-electron chi connectivity index (χ1n) is 10.4. The highest BCUT2D eigenvalue weighted by Crippen LogP contribution is 2.23. The minimum Gasteiger partial charge on any atom is -0.465 e. The lowest BCUT2D eigenvalue weighted by Gasteiger charge is -2.32. The van der Waals surface area contributed by atoms with Crippen LogP contribution in [-0.4, -0.2) is 48.9 Å². The number of nitrogens with one attached hydrogen (secondary N) is 1. The molecule has 0 aliphatic carbocycles. The number of nitrogens with zero attached hydrogens (tertiary/aromatic N) is 1. The minimum absolute atomic E-state index is 0.00780. The van der Waals surface area contributed by atoms with Crippen molar-refractivity contribution in [2.24, 2.45) is 0 Å². The summed E-state index contributed by atoms with van der Waals surface area (Å²) in [6, 6.07) is 14.2. The lowest BCUT2D eigenvalue weighted by Crippen LogP contribution is -2.44. The Bertz CT molecular complexity index is 986. The maximum Gasteiger partial charge on any atom is 0.405 e. The molecule has 1 aliphatic rings. The molecule has 1 amide bonds. The van der Waals surface area contributed by atoms with E-state index in [1.807, 2.05) is 6.92 Å². The third-order valence-corrected chi connectivity index (χ3v) is 7.56. The molecule has 0 unspecified atom stereocenters. The number of ether oxygens (including phenoxy) is 1. The van der Waals surface area contributed by atoms with Crippen molar-refractivity contribution in [2.75, 3.05) is 18.8 Å². The normalized spacial score (nSPS) is 16.7. The number of hydrogen-bond acceptors (Lipinski definition) is 4. The van der Waals surface area contributed by atoms with Crippen molar-refractivity contribution in [2.45, 2.75) is 45.4 Å². The Labute approximate surface area is 184 Å². The fourth-order valence-electron chi connectivity index (χ4n) is 3.81. The van der Waals surface area contributed by atoms with Crippen molar-refractivity contribution in [1.29, 1.82) is 0 Å². The van der Waals surface area contributed by atoms with Crippen LogP contribution in [-0.2, 0) is 21.4 Å². The molecule has 0 bridgehead atoms. The summed E-state index contributed by atoms with van der Waals surface area (Å²) in [5.41, 5.74) is 4.15. The smallest absolute Gasteiger partial charge is 0.405 e. The molecule has 1 atom stereocenters. The van der Waals surface area contributed by atoms with Crippen molar-refractivity contribution in [3.63, 3.8) is 0 Å². The highest BCUT2D eigenvalue weighted by atomic mass is 32.2. The topological polar surface area (TPSA) is 95.9 Å². The number of hydrogen-bond donors (Lipinski definition) is 2. The summed E-state index contributed by atoms with van der Waals surface area (Å²) in [6.45, 7) is 5.36. The predicted octanol–water partition coefficient (Wildman–Crippen LogP) is 3.62. The van der Waals surface area contributed by atoms with Crippen molar-refractivity contribution in [3.05, 3.63) is 70.8 Å². The maximum atomic E-state index is 13.0. The molecule has 1 aliphatic heterocycles. The standard InChI is InChI=1S/C23H30N2O5S/c1-17-8-9-18(2)20(14-17)15-30-21-10-12-25(13-11-21)31(28,29)16-22(24-23(26)27)19-6-4-3-5-7-19/h3-9,14,21-22,24H,10-13,15-16H2,1-2H3,(H,26,27)/t22-/m0/s1. The van der Waals surface area contributed by atoms with Gasteiger partial charge < -0.3 is 15.2 Å². The van der Waals surface area contributed by atoms with Crippen LogP contribution in [0.4, 0.5) is 4.79 Å². The van der Waals surface area contributed by atoms with Crippen LogP contribution in [0.1, 0.15) is 41.1 Å². The van der Waals surface area contributed by atoms with E-state index >= 15 is 0 Å². The van der Waals surface area contributed by atoms with Gasteiger partial charge in [0.15, 0.2) is 0 Å². The third kappa shape index (κ3) is 6.53. The zero-order valence-corrected chi connectivity index (χ0v) is 18.8. The number of benzene rings is 2. The molecule has 1 saturated heterocycles. The summed E-state index contributed by atoms with van der Waals surface area (Å²) >= 11 is 0. The van der Waals surface area contributed by atoms with E-state index in [0.717, 1.165) is 5.56 Å². The largest absolute Gasteiger partial charge is 0.465 e. The molecule has 0 spiro atoms. The quantitative estimate of drug-likeness (QED) is 0.646. The Morgan fingerprint density at radius 1 is 1.16 bits per heavy atom. The first kappa shape index (κ1) is 23.2. The van der Waals surface area contributed by atoms with Gasteiger partial charge in [0.1, 0.15) is 0 Å².